The lowest BCUT2D eigenvalue weighted by Crippen LogP contribution is -2.32. The third kappa shape index (κ3) is 8.09. The van der Waals surface area contributed by atoms with Gasteiger partial charge >= 0.3 is 0 Å². The van der Waals surface area contributed by atoms with Gasteiger partial charge in [0.2, 0.25) is 0 Å². The lowest BCUT2D eigenvalue weighted by molar-refractivity contribution is 0.309. The zero-order valence-corrected chi connectivity index (χ0v) is 17.1. The number of hydrogen-bond acceptors (Lipinski definition) is 4. The highest BCUT2D eigenvalue weighted by Gasteiger charge is 2.07. The Bertz CT molecular complexity index is 764. The maximum absolute atomic E-state index is 13.2. The Kier molecular flexibility index (Phi) is 9.95. The number of aliphatic imine (C=N–C) groups is 1. The van der Waals surface area contributed by atoms with E-state index in [1.165, 1.54) is 12.1 Å². The quantitative estimate of drug-likeness (QED) is 0.249. The fourth-order valence-corrected chi connectivity index (χ4v) is 2.84. The van der Waals surface area contributed by atoms with Gasteiger partial charge in [-0.05, 0) is 67.7 Å². The van der Waals surface area contributed by atoms with E-state index in [1.807, 2.05) is 12.1 Å². The molecule has 0 amide bonds. The van der Waals surface area contributed by atoms with Crippen molar-refractivity contribution in [3.63, 3.8) is 0 Å². The van der Waals surface area contributed by atoms with Crippen molar-refractivity contribution < 1.29 is 9.13 Å². The van der Waals surface area contributed by atoms with Crippen molar-refractivity contribution in [2.45, 2.75) is 25.8 Å². The zero-order chi connectivity index (χ0) is 20.9. The number of halogens is 1. The molecule has 29 heavy (non-hydrogen) atoms. The first-order valence-corrected chi connectivity index (χ1v) is 10.0. The monoisotopic (exact) mass is 401 g/mol. The first-order chi connectivity index (χ1) is 14.1. The molecule has 0 aliphatic heterocycles. The van der Waals surface area contributed by atoms with Crippen LogP contribution in [0.1, 0.15) is 24.8 Å². The summed E-state index contributed by atoms with van der Waals surface area (Å²) in [6.07, 6.45) is 2.83. The minimum atomic E-state index is -0.237. The van der Waals surface area contributed by atoms with E-state index in [1.54, 1.807) is 19.2 Å². The molecule has 158 valence electrons. The predicted molar refractivity (Wildman–Crippen MR) is 117 cm³/mol. The number of rotatable bonds is 12. The van der Waals surface area contributed by atoms with Gasteiger partial charge < -0.3 is 26.8 Å². The molecule has 0 saturated carbocycles. The minimum absolute atomic E-state index is 0.237. The molecule has 0 aliphatic carbocycles. The molecular weight excluding hydrogens is 369 g/mol. The van der Waals surface area contributed by atoms with Crippen molar-refractivity contribution in [1.82, 2.24) is 10.6 Å². The van der Waals surface area contributed by atoms with Gasteiger partial charge in [0.05, 0.1) is 6.61 Å². The third-order valence-electron chi connectivity index (χ3n) is 4.49. The van der Waals surface area contributed by atoms with Crippen LogP contribution in [0.2, 0.25) is 0 Å². The van der Waals surface area contributed by atoms with Crippen LogP contribution in [0.5, 0.6) is 5.75 Å². The fourth-order valence-electron chi connectivity index (χ4n) is 2.84. The van der Waals surface area contributed by atoms with Gasteiger partial charge in [-0.25, -0.2) is 4.39 Å². The highest BCUT2D eigenvalue weighted by Crippen LogP contribution is 2.27. The molecule has 0 aromatic heterocycles. The summed E-state index contributed by atoms with van der Waals surface area (Å²) in [6.45, 7) is 3.57. The van der Waals surface area contributed by atoms with E-state index in [9.17, 15) is 4.39 Å². The highest BCUT2D eigenvalue weighted by molar-refractivity contribution is 5.77. The first-order valence-electron chi connectivity index (χ1n) is 10.0. The molecule has 2 rings (SSSR count). The van der Waals surface area contributed by atoms with Gasteiger partial charge in [0.1, 0.15) is 11.6 Å². The largest absolute Gasteiger partial charge is 0.493 e. The average molecular weight is 402 g/mol. The maximum atomic E-state index is 13.2. The van der Waals surface area contributed by atoms with Crippen LogP contribution in [0.25, 0.3) is 11.1 Å². The zero-order valence-electron chi connectivity index (χ0n) is 17.1. The van der Waals surface area contributed by atoms with E-state index in [0.717, 1.165) is 54.8 Å². The van der Waals surface area contributed by atoms with Crippen molar-refractivity contribution >= 4 is 5.96 Å². The lowest BCUT2D eigenvalue weighted by Gasteiger charge is -2.14. The Labute approximate surface area is 172 Å². The van der Waals surface area contributed by atoms with Crippen LogP contribution in [0.15, 0.2) is 47.5 Å². The smallest absolute Gasteiger partial charge is 0.188 e. The second-order valence-electron chi connectivity index (χ2n) is 6.74. The Hall–Kier alpha value is -2.64. The third-order valence-corrected chi connectivity index (χ3v) is 4.49. The van der Waals surface area contributed by atoms with Gasteiger partial charge in [0, 0.05) is 25.7 Å². The summed E-state index contributed by atoms with van der Waals surface area (Å²) in [4.78, 5) is 3.87. The summed E-state index contributed by atoms with van der Waals surface area (Å²) in [5.41, 5.74) is 14.3. The van der Waals surface area contributed by atoms with Gasteiger partial charge in [-0.3, -0.25) is 4.99 Å². The van der Waals surface area contributed by atoms with E-state index < -0.39 is 0 Å². The van der Waals surface area contributed by atoms with Crippen LogP contribution in [0.3, 0.4) is 0 Å². The number of nitrogens with two attached hydrogens (primary N) is 2. The van der Waals surface area contributed by atoms with E-state index in [4.69, 9.17) is 16.2 Å². The molecule has 7 heteroatoms. The number of guanidine groups is 1. The minimum Gasteiger partial charge on any atom is -0.493 e. The Morgan fingerprint density at radius 2 is 1.76 bits per heavy atom. The van der Waals surface area contributed by atoms with Gasteiger partial charge in [0.25, 0.3) is 0 Å². The molecule has 0 radical (unpaired) electrons. The number of nitrogens with one attached hydrogen (secondary N) is 2. The summed E-state index contributed by atoms with van der Waals surface area (Å²) in [6, 6.07) is 12.6. The van der Waals surface area contributed by atoms with Crippen LogP contribution in [-0.2, 0) is 6.54 Å². The van der Waals surface area contributed by atoms with Crippen molar-refractivity contribution in [3.8, 4) is 16.9 Å². The van der Waals surface area contributed by atoms with Crippen LogP contribution < -0.4 is 26.8 Å². The van der Waals surface area contributed by atoms with Crippen molar-refractivity contribution in [1.29, 1.82) is 0 Å². The van der Waals surface area contributed by atoms with Gasteiger partial charge in [-0.15, -0.1) is 0 Å². The predicted octanol–water partition coefficient (Wildman–Crippen LogP) is 2.62. The Balaban J connectivity index is 1.94. The van der Waals surface area contributed by atoms with Crippen molar-refractivity contribution in [2.75, 3.05) is 33.3 Å². The van der Waals surface area contributed by atoms with Gasteiger partial charge in [-0.1, -0.05) is 18.2 Å². The Morgan fingerprint density at radius 3 is 2.48 bits per heavy atom. The number of unbranched alkanes of at least 4 members (excludes halogenated alkanes) is 1. The van der Waals surface area contributed by atoms with E-state index in [0.29, 0.717) is 25.7 Å². The first kappa shape index (κ1) is 22.6. The molecule has 0 atom stereocenters. The fraction of sp³-hybridized carbons (Fsp3) is 0.409. The van der Waals surface area contributed by atoms with Crippen molar-refractivity contribution in [2.24, 2.45) is 16.5 Å². The van der Waals surface area contributed by atoms with Crippen LogP contribution >= 0.6 is 0 Å². The number of ether oxygens (including phenoxy) is 1. The summed E-state index contributed by atoms with van der Waals surface area (Å²) in [5, 5.41) is 6.52. The summed E-state index contributed by atoms with van der Waals surface area (Å²) in [5.74, 6) is 1.08. The molecule has 2 aromatic carbocycles. The molecule has 0 bridgehead atoms. The second-order valence-corrected chi connectivity index (χ2v) is 6.74. The van der Waals surface area contributed by atoms with Gasteiger partial charge in [-0.2, -0.15) is 0 Å². The van der Waals surface area contributed by atoms with Crippen LogP contribution in [-0.4, -0.2) is 39.2 Å². The average Bonchev–Trinajstić information content (AvgIpc) is 2.74. The molecule has 0 aliphatic rings. The lowest BCUT2D eigenvalue weighted by atomic mass is 10.0. The molecule has 0 heterocycles. The van der Waals surface area contributed by atoms with Crippen LogP contribution in [0, 0.1) is 5.82 Å². The van der Waals surface area contributed by atoms with Crippen LogP contribution in [0.4, 0.5) is 4.39 Å². The number of hydrogen-bond donors (Lipinski definition) is 4. The van der Waals surface area contributed by atoms with E-state index in [-0.39, 0.29) is 5.82 Å². The molecule has 2 aromatic rings. The second kappa shape index (κ2) is 12.7. The molecular formula is C22H32FN5O. The van der Waals surface area contributed by atoms with Crippen molar-refractivity contribution in [3.05, 3.63) is 53.8 Å². The van der Waals surface area contributed by atoms with E-state index in [2.05, 4.69) is 21.7 Å². The molecule has 0 spiro atoms. The Morgan fingerprint density at radius 1 is 1.03 bits per heavy atom. The standard InChI is InChI=1S/C22H32FN5O/c1-26-22(25)28-13-3-2-12-27-16-19-15-18(17-5-8-20(23)9-6-17)7-10-21(19)29-14-4-11-24/h5-10,15,27H,2-4,11-14,16,24H2,1H3,(H3,25,26,28). The number of nitrogens with zero attached hydrogens (tertiary/aromatic N) is 1. The van der Waals surface area contributed by atoms with E-state index >= 15 is 0 Å². The maximum Gasteiger partial charge on any atom is 0.188 e. The highest BCUT2D eigenvalue weighted by atomic mass is 19.1. The summed E-state index contributed by atoms with van der Waals surface area (Å²) < 4.78 is 19.1. The topological polar surface area (TPSA) is 97.7 Å². The molecule has 0 unspecified atom stereocenters. The summed E-state index contributed by atoms with van der Waals surface area (Å²) >= 11 is 0. The van der Waals surface area contributed by atoms with Gasteiger partial charge in [0.15, 0.2) is 5.96 Å². The molecule has 0 saturated heterocycles. The normalized spacial score (nSPS) is 11.5. The molecule has 0 fully saturated rings. The molecule has 6 N–H and O–H groups in total. The number of benzene rings is 2. The molecule has 6 nitrogen and oxygen atoms in total. The SMILES string of the molecule is CN=C(N)NCCCCNCc1cc(-c2ccc(F)cc2)ccc1OCCCN. The summed E-state index contributed by atoms with van der Waals surface area (Å²) in [7, 11) is 1.66.